The zero-order chi connectivity index (χ0) is 14.7. The molecular formula is C16H23N3OS. The average Bonchev–Trinajstić information content (AvgIpc) is 2.97. The van der Waals surface area contributed by atoms with Crippen molar-refractivity contribution < 1.29 is 0 Å². The number of nitrogens with one attached hydrogen (secondary N) is 2. The number of nitrogens with zero attached hydrogens (tertiary/aromatic N) is 1. The molecule has 0 saturated heterocycles. The van der Waals surface area contributed by atoms with E-state index in [2.05, 4.69) is 22.2 Å². The summed E-state index contributed by atoms with van der Waals surface area (Å²) in [6.07, 6.45) is 6.74. The van der Waals surface area contributed by atoms with Crippen molar-refractivity contribution in [1.29, 1.82) is 0 Å². The van der Waals surface area contributed by atoms with Crippen LogP contribution in [0.5, 0.6) is 0 Å². The summed E-state index contributed by atoms with van der Waals surface area (Å²) >= 11 is 1.44. The van der Waals surface area contributed by atoms with Crippen LogP contribution in [-0.2, 0) is 6.54 Å². The Kier molecular flexibility index (Phi) is 4.70. The highest BCUT2D eigenvalue weighted by atomic mass is 32.1. The van der Waals surface area contributed by atoms with Gasteiger partial charge >= 0.3 is 0 Å². The number of aromatic nitrogens is 2. The van der Waals surface area contributed by atoms with Gasteiger partial charge in [-0.2, -0.15) is 0 Å². The summed E-state index contributed by atoms with van der Waals surface area (Å²) in [5.41, 5.74) is 0.791. The van der Waals surface area contributed by atoms with Gasteiger partial charge in [-0.1, -0.05) is 26.2 Å². The summed E-state index contributed by atoms with van der Waals surface area (Å²) in [5, 5.41) is 5.37. The third kappa shape index (κ3) is 3.52. The number of rotatable bonds is 5. The third-order valence-corrected chi connectivity index (χ3v) is 5.54. The minimum Gasteiger partial charge on any atom is -0.310 e. The molecule has 0 unspecified atom stereocenters. The van der Waals surface area contributed by atoms with Crippen LogP contribution in [0.4, 0.5) is 0 Å². The quantitative estimate of drug-likeness (QED) is 0.891. The molecule has 3 rings (SSSR count). The molecule has 1 aliphatic rings. The second-order valence-electron chi connectivity index (χ2n) is 6.07. The van der Waals surface area contributed by atoms with Crippen LogP contribution < -0.4 is 10.9 Å². The van der Waals surface area contributed by atoms with E-state index in [0.717, 1.165) is 34.4 Å². The highest BCUT2D eigenvalue weighted by molar-refractivity contribution is 7.17. The van der Waals surface area contributed by atoms with Crippen molar-refractivity contribution in [1.82, 2.24) is 15.3 Å². The van der Waals surface area contributed by atoms with Crippen molar-refractivity contribution in [3.05, 3.63) is 27.6 Å². The average molecular weight is 305 g/mol. The largest absolute Gasteiger partial charge is 0.310 e. The summed E-state index contributed by atoms with van der Waals surface area (Å²) in [5.74, 6) is 2.47. The van der Waals surface area contributed by atoms with Gasteiger partial charge in [-0.05, 0) is 42.7 Å². The fourth-order valence-corrected chi connectivity index (χ4v) is 3.97. The molecule has 0 amide bonds. The molecule has 2 heterocycles. The summed E-state index contributed by atoms with van der Waals surface area (Å²) < 4.78 is 0.719. The lowest BCUT2D eigenvalue weighted by atomic mass is 9.81. The van der Waals surface area contributed by atoms with Crippen LogP contribution in [0.2, 0.25) is 0 Å². The Morgan fingerprint density at radius 2 is 2.10 bits per heavy atom. The number of aromatic amines is 1. The summed E-state index contributed by atoms with van der Waals surface area (Å²) in [7, 11) is 0. The fourth-order valence-electron chi connectivity index (χ4n) is 3.24. The van der Waals surface area contributed by atoms with Crippen molar-refractivity contribution in [3.63, 3.8) is 0 Å². The molecule has 0 aromatic carbocycles. The van der Waals surface area contributed by atoms with E-state index in [-0.39, 0.29) is 5.56 Å². The zero-order valence-electron chi connectivity index (χ0n) is 12.5. The molecule has 2 N–H and O–H groups in total. The van der Waals surface area contributed by atoms with E-state index < -0.39 is 0 Å². The second kappa shape index (κ2) is 6.71. The molecule has 1 saturated carbocycles. The van der Waals surface area contributed by atoms with Crippen LogP contribution in [0, 0.1) is 11.8 Å². The highest BCUT2D eigenvalue weighted by Gasteiger charge is 2.19. The third-order valence-electron chi connectivity index (χ3n) is 4.63. The molecule has 4 nitrogen and oxygen atoms in total. The molecular weight excluding hydrogens is 282 g/mol. The van der Waals surface area contributed by atoms with Gasteiger partial charge in [0.2, 0.25) is 0 Å². The van der Waals surface area contributed by atoms with Gasteiger partial charge in [0.25, 0.3) is 5.56 Å². The van der Waals surface area contributed by atoms with Gasteiger partial charge in [0, 0.05) is 0 Å². The SMILES string of the molecule is CCC1CCC(CNCc2nc3ccsc3c(=O)[nH]2)CC1. The van der Waals surface area contributed by atoms with Gasteiger partial charge < -0.3 is 10.3 Å². The lowest BCUT2D eigenvalue weighted by Crippen LogP contribution is -2.27. The van der Waals surface area contributed by atoms with Crippen molar-refractivity contribution >= 4 is 21.6 Å². The van der Waals surface area contributed by atoms with Gasteiger partial charge in [-0.15, -0.1) is 11.3 Å². The number of hydrogen-bond acceptors (Lipinski definition) is 4. The van der Waals surface area contributed by atoms with Gasteiger partial charge in [0.15, 0.2) is 0 Å². The lowest BCUT2D eigenvalue weighted by molar-refractivity contribution is 0.262. The van der Waals surface area contributed by atoms with E-state index in [1.807, 2.05) is 11.4 Å². The van der Waals surface area contributed by atoms with Crippen molar-refractivity contribution in [2.75, 3.05) is 6.54 Å². The van der Waals surface area contributed by atoms with Crippen molar-refractivity contribution in [2.24, 2.45) is 11.8 Å². The van der Waals surface area contributed by atoms with E-state index in [9.17, 15) is 4.79 Å². The van der Waals surface area contributed by atoms with Crippen molar-refractivity contribution in [3.8, 4) is 0 Å². The Hall–Kier alpha value is -1.20. The molecule has 114 valence electrons. The Morgan fingerprint density at radius 1 is 1.33 bits per heavy atom. The highest BCUT2D eigenvalue weighted by Crippen LogP contribution is 2.30. The first kappa shape index (κ1) is 14.7. The van der Waals surface area contributed by atoms with Gasteiger partial charge in [0.1, 0.15) is 10.5 Å². The molecule has 1 aliphatic carbocycles. The number of thiophene rings is 1. The van der Waals surface area contributed by atoms with Crippen LogP contribution in [0.15, 0.2) is 16.2 Å². The molecule has 2 aromatic rings. The van der Waals surface area contributed by atoms with Crippen molar-refractivity contribution in [2.45, 2.75) is 45.6 Å². The van der Waals surface area contributed by atoms with Crippen LogP contribution in [0.3, 0.4) is 0 Å². The maximum absolute atomic E-state index is 11.9. The van der Waals surface area contributed by atoms with E-state index in [1.165, 1.54) is 43.4 Å². The van der Waals surface area contributed by atoms with Gasteiger partial charge in [0.05, 0.1) is 12.1 Å². The summed E-state index contributed by atoms with van der Waals surface area (Å²) in [6.45, 7) is 3.97. The Morgan fingerprint density at radius 3 is 2.86 bits per heavy atom. The van der Waals surface area contributed by atoms with E-state index >= 15 is 0 Å². The fraction of sp³-hybridized carbons (Fsp3) is 0.625. The Bertz CT molecular complexity index is 640. The number of hydrogen-bond donors (Lipinski definition) is 2. The van der Waals surface area contributed by atoms with Crippen LogP contribution in [-0.4, -0.2) is 16.5 Å². The maximum atomic E-state index is 11.9. The molecule has 0 radical (unpaired) electrons. The predicted octanol–water partition coefficient (Wildman–Crippen LogP) is 3.29. The minimum absolute atomic E-state index is 0.0183. The molecule has 2 aromatic heterocycles. The monoisotopic (exact) mass is 305 g/mol. The van der Waals surface area contributed by atoms with Gasteiger partial charge in [-0.3, -0.25) is 4.79 Å². The second-order valence-corrected chi connectivity index (χ2v) is 6.99. The standard InChI is InChI=1S/C16H23N3OS/c1-2-11-3-5-12(6-4-11)9-17-10-14-18-13-7-8-21-15(13)16(20)19-14/h7-8,11-12,17H,2-6,9-10H2,1H3,(H,18,19,20). The molecule has 0 spiro atoms. The first-order valence-electron chi connectivity index (χ1n) is 7.93. The first-order chi connectivity index (χ1) is 10.3. The minimum atomic E-state index is -0.0183. The van der Waals surface area contributed by atoms with E-state index in [0.29, 0.717) is 6.54 Å². The molecule has 1 fully saturated rings. The summed E-state index contributed by atoms with van der Waals surface area (Å²) in [4.78, 5) is 19.2. The molecule has 21 heavy (non-hydrogen) atoms. The molecule has 0 bridgehead atoms. The normalized spacial score (nSPS) is 22.7. The van der Waals surface area contributed by atoms with E-state index in [1.54, 1.807) is 0 Å². The summed E-state index contributed by atoms with van der Waals surface area (Å²) in [6, 6.07) is 1.91. The van der Waals surface area contributed by atoms with Crippen LogP contribution in [0.25, 0.3) is 10.2 Å². The van der Waals surface area contributed by atoms with Gasteiger partial charge in [-0.25, -0.2) is 4.98 Å². The van der Waals surface area contributed by atoms with E-state index in [4.69, 9.17) is 0 Å². The lowest BCUT2D eigenvalue weighted by Gasteiger charge is -2.27. The smallest absolute Gasteiger partial charge is 0.268 e. The zero-order valence-corrected chi connectivity index (χ0v) is 13.3. The maximum Gasteiger partial charge on any atom is 0.268 e. The number of fused-ring (bicyclic) bond motifs is 1. The van der Waals surface area contributed by atoms with Crippen LogP contribution in [0.1, 0.15) is 44.9 Å². The Labute approximate surface area is 129 Å². The Balaban J connectivity index is 1.51. The first-order valence-corrected chi connectivity index (χ1v) is 8.81. The molecule has 5 heteroatoms. The number of H-pyrrole nitrogens is 1. The molecule has 0 aliphatic heterocycles. The molecule has 0 atom stereocenters. The topological polar surface area (TPSA) is 57.8 Å². The predicted molar refractivity (Wildman–Crippen MR) is 87.7 cm³/mol. The van der Waals surface area contributed by atoms with Crippen LogP contribution >= 0.6 is 11.3 Å².